The molecule has 0 fully saturated rings. The Bertz CT molecular complexity index is 408. The van der Waals surface area contributed by atoms with Crippen molar-refractivity contribution >= 4 is 11.9 Å². The van der Waals surface area contributed by atoms with Gasteiger partial charge in [-0.3, -0.25) is 4.79 Å². The van der Waals surface area contributed by atoms with Crippen LogP contribution in [0, 0.1) is 0 Å². The van der Waals surface area contributed by atoms with E-state index >= 15 is 0 Å². The molecule has 1 heterocycles. The van der Waals surface area contributed by atoms with Gasteiger partial charge in [0.25, 0.3) is 5.91 Å². The molecule has 0 unspecified atom stereocenters. The smallest absolute Gasteiger partial charge is 0.272 e. The monoisotopic (exact) mass is 250 g/mol. The van der Waals surface area contributed by atoms with Gasteiger partial charge in [-0.05, 0) is 40.7 Å². The number of rotatable bonds is 4. The van der Waals surface area contributed by atoms with Crippen LogP contribution in [0.2, 0.25) is 0 Å². The number of nitrogens with one attached hydrogen (secondary N) is 1. The number of anilines is 1. The van der Waals surface area contributed by atoms with Crippen LogP contribution in [0.15, 0.2) is 12.3 Å². The van der Waals surface area contributed by atoms with Crippen molar-refractivity contribution in [1.29, 1.82) is 0 Å². The van der Waals surface area contributed by atoms with Crippen LogP contribution >= 0.6 is 0 Å². The van der Waals surface area contributed by atoms with Crippen molar-refractivity contribution < 1.29 is 4.79 Å². The minimum atomic E-state index is -0.128. The van der Waals surface area contributed by atoms with Crippen molar-refractivity contribution in [3.05, 3.63) is 18.0 Å². The van der Waals surface area contributed by atoms with Crippen molar-refractivity contribution in [2.45, 2.75) is 40.2 Å². The molecule has 0 atom stereocenters. The third-order valence-corrected chi connectivity index (χ3v) is 2.41. The molecule has 0 saturated carbocycles. The highest BCUT2D eigenvalue weighted by molar-refractivity contribution is 5.92. The second kappa shape index (κ2) is 5.80. The minimum Gasteiger partial charge on any atom is -0.350 e. The second-order valence-electron chi connectivity index (χ2n) is 5.12. The largest absolute Gasteiger partial charge is 0.350 e. The van der Waals surface area contributed by atoms with Gasteiger partial charge in [0, 0.05) is 24.8 Å². The Morgan fingerprint density at radius 3 is 2.44 bits per heavy atom. The Hall–Kier alpha value is -1.65. The first-order chi connectivity index (χ1) is 8.37. The third kappa shape index (κ3) is 3.98. The van der Waals surface area contributed by atoms with Crippen LogP contribution in [0.4, 0.5) is 5.95 Å². The maximum absolute atomic E-state index is 12.1. The lowest BCUT2D eigenvalue weighted by Crippen LogP contribution is -2.32. The molecule has 0 radical (unpaired) electrons. The first kappa shape index (κ1) is 14.4. The maximum Gasteiger partial charge on any atom is 0.272 e. The summed E-state index contributed by atoms with van der Waals surface area (Å²) < 4.78 is 0. The lowest BCUT2D eigenvalue weighted by atomic mass is 10.1. The van der Waals surface area contributed by atoms with Gasteiger partial charge in [-0.15, -0.1) is 0 Å². The van der Waals surface area contributed by atoms with E-state index in [1.807, 2.05) is 34.6 Å². The zero-order valence-corrected chi connectivity index (χ0v) is 11.8. The van der Waals surface area contributed by atoms with Crippen molar-refractivity contribution in [3.63, 3.8) is 0 Å². The molecular weight excluding hydrogens is 228 g/mol. The molecule has 0 saturated heterocycles. The first-order valence-electron chi connectivity index (χ1n) is 6.28. The summed E-state index contributed by atoms with van der Waals surface area (Å²) in [6, 6.07) is 1.65. The number of hydrogen-bond acceptors (Lipinski definition) is 4. The number of aromatic nitrogens is 2. The highest BCUT2D eigenvalue weighted by Crippen LogP contribution is 2.10. The Balaban J connectivity index is 2.91. The van der Waals surface area contributed by atoms with Gasteiger partial charge in [-0.2, -0.15) is 0 Å². The summed E-state index contributed by atoms with van der Waals surface area (Å²) in [6.45, 7) is 11.3. The van der Waals surface area contributed by atoms with Gasteiger partial charge in [0.1, 0.15) is 5.69 Å². The summed E-state index contributed by atoms with van der Waals surface area (Å²) in [4.78, 5) is 22.3. The van der Waals surface area contributed by atoms with Crippen molar-refractivity contribution in [2.75, 3.05) is 18.4 Å². The van der Waals surface area contributed by atoms with Gasteiger partial charge >= 0.3 is 0 Å². The van der Waals surface area contributed by atoms with Crippen molar-refractivity contribution in [3.8, 4) is 0 Å². The fraction of sp³-hybridized carbons (Fsp3) is 0.615. The van der Waals surface area contributed by atoms with Gasteiger partial charge in [0.15, 0.2) is 0 Å². The molecule has 1 rings (SSSR count). The normalized spacial score (nSPS) is 11.2. The van der Waals surface area contributed by atoms with Gasteiger partial charge in [0.05, 0.1) is 0 Å². The Morgan fingerprint density at radius 1 is 1.33 bits per heavy atom. The van der Waals surface area contributed by atoms with E-state index in [1.165, 1.54) is 0 Å². The first-order valence-corrected chi connectivity index (χ1v) is 6.28. The van der Waals surface area contributed by atoms with Crippen LogP contribution in [0.5, 0.6) is 0 Å². The van der Waals surface area contributed by atoms with Crippen LogP contribution in [-0.2, 0) is 0 Å². The third-order valence-electron chi connectivity index (χ3n) is 2.41. The standard InChI is InChI=1S/C13H22N4O/c1-6-17(7-2)11(18)10-8-9-14-12(15-10)16-13(3,4)5/h8-9H,6-7H2,1-5H3,(H,14,15,16). The minimum absolute atomic E-state index is 0.0561. The maximum atomic E-state index is 12.1. The van der Waals surface area contributed by atoms with Gasteiger partial charge in [-0.25, -0.2) is 9.97 Å². The Kier molecular flexibility index (Phi) is 4.64. The lowest BCUT2D eigenvalue weighted by molar-refractivity contribution is 0.0767. The molecule has 0 aliphatic carbocycles. The van der Waals surface area contributed by atoms with Crippen LogP contribution in [0.1, 0.15) is 45.1 Å². The second-order valence-corrected chi connectivity index (χ2v) is 5.12. The highest BCUT2D eigenvalue weighted by Gasteiger charge is 2.16. The van der Waals surface area contributed by atoms with Gasteiger partial charge in [-0.1, -0.05) is 0 Å². The van der Waals surface area contributed by atoms with E-state index in [0.717, 1.165) is 0 Å². The van der Waals surface area contributed by atoms with Gasteiger partial charge < -0.3 is 10.2 Å². The summed E-state index contributed by atoms with van der Waals surface area (Å²) in [6.07, 6.45) is 1.61. The zero-order valence-electron chi connectivity index (χ0n) is 11.8. The zero-order chi connectivity index (χ0) is 13.8. The molecule has 1 aromatic rings. The molecule has 5 nitrogen and oxygen atoms in total. The molecule has 5 heteroatoms. The summed E-state index contributed by atoms with van der Waals surface area (Å²) in [7, 11) is 0. The summed E-state index contributed by atoms with van der Waals surface area (Å²) in [5.41, 5.74) is 0.303. The predicted molar refractivity (Wildman–Crippen MR) is 72.7 cm³/mol. The number of carbonyl (C=O) groups excluding carboxylic acids is 1. The van der Waals surface area contributed by atoms with E-state index in [2.05, 4.69) is 15.3 Å². The summed E-state index contributed by atoms with van der Waals surface area (Å²) >= 11 is 0. The molecule has 0 bridgehead atoms. The molecular formula is C13H22N4O. The lowest BCUT2D eigenvalue weighted by Gasteiger charge is -2.21. The number of carbonyl (C=O) groups is 1. The molecule has 0 aliphatic rings. The summed E-state index contributed by atoms with van der Waals surface area (Å²) in [5.74, 6) is 0.430. The molecule has 1 N–H and O–H groups in total. The highest BCUT2D eigenvalue weighted by atomic mass is 16.2. The average molecular weight is 250 g/mol. The fourth-order valence-electron chi connectivity index (χ4n) is 1.55. The Morgan fingerprint density at radius 2 is 1.94 bits per heavy atom. The van der Waals surface area contributed by atoms with Crippen LogP contribution in [-0.4, -0.2) is 39.4 Å². The molecule has 100 valence electrons. The summed E-state index contributed by atoms with van der Waals surface area (Å²) in [5, 5.41) is 3.16. The average Bonchev–Trinajstić information content (AvgIpc) is 2.28. The van der Waals surface area contributed by atoms with Gasteiger partial charge in [0.2, 0.25) is 5.95 Å². The number of hydrogen-bond donors (Lipinski definition) is 1. The molecule has 0 spiro atoms. The van der Waals surface area contributed by atoms with Crippen LogP contribution in [0.3, 0.4) is 0 Å². The quantitative estimate of drug-likeness (QED) is 0.889. The van der Waals surface area contributed by atoms with Crippen molar-refractivity contribution in [1.82, 2.24) is 14.9 Å². The van der Waals surface area contributed by atoms with Crippen LogP contribution < -0.4 is 5.32 Å². The SMILES string of the molecule is CCN(CC)C(=O)c1ccnc(NC(C)(C)C)n1. The van der Waals surface area contributed by atoms with Crippen molar-refractivity contribution in [2.24, 2.45) is 0 Å². The van der Waals surface area contributed by atoms with E-state index in [4.69, 9.17) is 0 Å². The van der Waals surface area contributed by atoms with E-state index in [0.29, 0.717) is 24.7 Å². The van der Waals surface area contributed by atoms with E-state index < -0.39 is 0 Å². The van der Waals surface area contributed by atoms with E-state index in [1.54, 1.807) is 17.2 Å². The number of amides is 1. The van der Waals surface area contributed by atoms with Crippen LogP contribution in [0.25, 0.3) is 0 Å². The number of nitrogens with zero attached hydrogens (tertiary/aromatic N) is 3. The predicted octanol–water partition coefficient (Wildman–Crippen LogP) is 2.17. The molecule has 1 amide bonds. The van der Waals surface area contributed by atoms with E-state index in [9.17, 15) is 4.79 Å². The molecule has 18 heavy (non-hydrogen) atoms. The Labute approximate surface area is 109 Å². The topological polar surface area (TPSA) is 58.1 Å². The molecule has 1 aromatic heterocycles. The molecule has 0 aliphatic heterocycles. The molecule has 0 aromatic carbocycles. The fourth-order valence-corrected chi connectivity index (χ4v) is 1.55. The van der Waals surface area contributed by atoms with E-state index in [-0.39, 0.29) is 11.4 Å².